The van der Waals surface area contributed by atoms with Gasteiger partial charge in [0.1, 0.15) is 5.39 Å². The van der Waals surface area contributed by atoms with Crippen LogP contribution in [0.25, 0.3) is 11.0 Å². The van der Waals surface area contributed by atoms with Crippen LogP contribution < -0.4 is 5.63 Å². The van der Waals surface area contributed by atoms with Crippen molar-refractivity contribution in [2.45, 2.75) is 78.2 Å². The first-order valence-electron chi connectivity index (χ1n) is 8.64. The SMILES string of the molecule is CCCCc1nc2c(c(C)c(C)n2C2CCCCC2)c(=O)o1. The van der Waals surface area contributed by atoms with E-state index in [1.165, 1.54) is 37.8 Å². The van der Waals surface area contributed by atoms with E-state index in [0.717, 1.165) is 30.5 Å². The van der Waals surface area contributed by atoms with Gasteiger partial charge in [0, 0.05) is 18.2 Å². The first-order chi connectivity index (χ1) is 10.6. The van der Waals surface area contributed by atoms with Crippen molar-refractivity contribution in [1.29, 1.82) is 0 Å². The fourth-order valence-corrected chi connectivity index (χ4v) is 3.68. The van der Waals surface area contributed by atoms with E-state index in [4.69, 9.17) is 9.40 Å². The van der Waals surface area contributed by atoms with Crippen LogP contribution in [0.5, 0.6) is 0 Å². The number of aromatic nitrogens is 2. The van der Waals surface area contributed by atoms with Crippen molar-refractivity contribution in [1.82, 2.24) is 9.55 Å². The second-order valence-corrected chi connectivity index (χ2v) is 6.57. The molecule has 1 saturated carbocycles. The third-order valence-corrected chi connectivity index (χ3v) is 5.06. The Balaban J connectivity index is 2.15. The van der Waals surface area contributed by atoms with Crippen molar-refractivity contribution in [2.75, 3.05) is 0 Å². The normalized spacial score (nSPS) is 16.5. The molecule has 0 aromatic carbocycles. The Kier molecular flexibility index (Phi) is 4.37. The first-order valence-corrected chi connectivity index (χ1v) is 8.64. The lowest BCUT2D eigenvalue weighted by Crippen LogP contribution is -2.15. The minimum Gasteiger partial charge on any atom is -0.408 e. The number of fused-ring (bicyclic) bond motifs is 1. The molecule has 0 saturated heterocycles. The summed E-state index contributed by atoms with van der Waals surface area (Å²) in [5, 5.41) is 0.684. The minimum absolute atomic E-state index is 0.216. The van der Waals surface area contributed by atoms with E-state index in [1.807, 2.05) is 6.92 Å². The molecule has 1 aliphatic rings. The van der Waals surface area contributed by atoms with Crippen molar-refractivity contribution in [3.8, 4) is 0 Å². The van der Waals surface area contributed by atoms with Crippen molar-refractivity contribution in [2.24, 2.45) is 0 Å². The summed E-state index contributed by atoms with van der Waals surface area (Å²) < 4.78 is 7.76. The molecule has 0 spiro atoms. The molecular formula is C18H26N2O2. The third-order valence-electron chi connectivity index (χ3n) is 5.06. The predicted molar refractivity (Wildman–Crippen MR) is 88.5 cm³/mol. The van der Waals surface area contributed by atoms with Gasteiger partial charge in [0.2, 0.25) is 5.89 Å². The van der Waals surface area contributed by atoms with E-state index in [9.17, 15) is 4.79 Å². The van der Waals surface area contributed by atoms with Crippen LogP contribution in [0, 0.1) is 13.8 Å². The summed E-state index contributed by atoms with van der Waals surface area (Å²) in [5.41, 5.74) is 2.84. The van der Waals surface area contributed by atoms with Gasteiger partial charge in [0.05, 0.1) is 0 Å². The van der Waals surface area contributed by atoms with Gasteiger partial charge in [-0.15, -0.1) is 0 Å². The van der Waals surface area contributed by atoms with Crippen LogP contribution >= 0.6 is 0 Å². The van der Waals surface area contributed by atoms with E-state index in [1.54, 1.807) is 0 Å². The fourth-order valence-electron chi connectivity index (χ4n) is 3.68. The molecular weight excluding hydrogens is 276 g/mol. The Bertz CT molecular complexity index is 721. The van der Waals surface area contributed by atoms with Gasteiger partial charge in [-0.05, 0) is 38.7 Å². The van der Waals surface area contributed by atoms with Crippen molar-refractivity contribution in [3.05, 3.63) is 27.6 Å². The number of hydrogen-bond acceptors (Lipinski definition) is 3. The topological polar surface area (TPSA) is 48.0 Å². The van der Waals surface area contributed by atoms with Crippen LogP contribution in [0.4, 0.5) is 0 Å². The van der Waals surface area contributed by atoms with Crippen LogP contribution in [0.15, 0.2) is 9.21 Å². The number of hydrogen-bond donors (Lipinski definition) is 0. The van der Waals surface area contributed by atoms with Gasteiger partial charge in [-0.25, -0.2) is 4.79 Å². The number of rotatable bonds is 4. The zero-order valence-electron chi connectivity index (χ0n) is 13.9. The molecule has 0 atom stereocenters. The van der Waals surface area contributed by atoms with Gasteiger partial charge >= 0.3 is 5.63 Å². The maximum Gasteiger partial charge on any atom is 0.348 e. The van der Waals surface area contributed by atoms with Gasteiger partial charge in [-0.2, -0.15) is 4.98 Å². The van der Waals surface area contributed by atoms with Crippen molar-refractivity contribution >= 4 is 11.0 Å². The Morgan fingerprint density at radius 2 is 1.95 bits per heavy atom. The van der Waals surface area contributed by atoms with E-state index in [2.05, 4.69) is 18.4 Å². The molecule has 22 heavy (non-hydrogen) atoms. The molecule has 2 aromatic heterocycles. The molecule has 4 heteroatoms. The van der Waals surface area contributed by atoms with Crippen LogP contribution in [0.3, 0.4) is 0 Å². The molecule has 120 valence electrons. The molecule has 1 aliphatic carbocycles. The van der Waals surface area contributed by atoms with Gasteiger partial charge in [-0.1, -0.05) is 32.6 Å². The lowest BCUT2D eigenvalue weighted by Gasteiger charge is -2.25. The quantitative estimate of drug-likeness (QED) is 0.838. The average molecular weight is 302 g/mol. The summed E-state index contributed by atoms with van der Waals surface area (Å²) in [4.78, 5) is 17.1. The molecule has 3 rings (SSSR count). The monoisotopic (exact) mass is 302 g/mol. The van der Waals surface area contributed by atoms with E-state index < -0.39 is 0 Å². The summed E-state index contributed by atoms with van der Waals surface area (Å²) in [6.07, 6.45) is 9.07. The standard InChI is InChI=1S/C18H26N2O2/c1-4-5-11-15-19-17-16(18(21)22-15)12(2)13(3)20(17)14-9-7-6-8-10-14/h14H,4-11H2,1-3H3. The Morgan fingerprint density at radius 3 is 2.64 bits per heavy atom. The molecule has 2 heterocycles. The smallest absolute Gasteiger partial charge is 0.348 e. The summed E-state index contributed by atoms with van der Waals surface area (Å²) in [6, 6.07) is 0.485. The van der Waals surface area contributed by atoms with Gasteiger partial charge in [-0.3, -0.25) is 0 Å². The summed E-state index contributed by atoms with van der Waals surface area (Å²) in [5.74, 6) is 0.592. The maximum atomic E-state index is 12.4. The molecule has 0 amide bonds. The van der Waals surface area contributed by atoms with Gasteiger partial charge in [0.25, 0.3) is 0 Å². The third kappa shape index (κ3) is 2.59. The molecule has 0 unspecified atom stereocenters. The Morgan fingerprint density at radius 1 is 1.23 bits per heavy atom. The number of nitrogens with zero attached hydrogens (tertiary/aromatic N) is 2. The second kappa shape index (κ2) is 6.27. The zero-order valence-corrected chi connectivity index (χ0v) is 13.9. The average Bonchev–Trinajstić information content (AvgIpc) is 2.78. The maximum absolute atomic E-state index is 12.4. The van der Waals surface area contributed by atoms with Crippen molar-refractivity contribution in [3.63, 3.8) is 0 Å². The highest BCUT2D eigenvalue weighted by Gasteiger charge is 2.24. The van der Waals surface area contributed by atoms with Crippen LogP contribution in [-0.4, -0.2) is 9.55 Å². The van der Waals surface area contributed by atoms with E-state index in [0.29, 0.717) is 17.3 Å². The highest BCUT2D eigenvalue weighted by molar-refractivity contribution is 5.80. The molecule has 0 N–H and O–H groups in total. The number of unbranched alkanes of at least 4 members (excludes halogenated alkanes) is 1. The summed E-state index contributed by atoms with van der Waals surface area (Å²) >= 11 is 0. The van der Waals surface area contributed by atoms with Crippen LogP contribution in [0.1, 0.15) is 75.1 Å². The second-order valence-electron chi connectivity index (χ2n) is 6.57. The first kappa shape index (κ1) is 15.3. The summed E-state index contributed by atoms with van der Waals surface area (Å²) in [6.45, 7) is 6.26. The summed E-state index contributed by atoms with van der Waals surface area (Å²) in [7, 11) is 0. The van der Waals surface area contributed by atoms with Gasteiger partial charge in [0.15, 0.2) is 5.65 Å². The minimum atomic E-state index is -0.216. The Hall–Kier alpha value is -1.58. The lowest BCUT2D eigenvalue weighted by molar-refractivity contribution is 0.353. The van der Waals surface area contributed by atoms with Gasteiger partial charge < -0.3 is 8.98 Å². The van der Waals surface area contributed by atoms with E-state index in [-0.39, 0.29) is 5.63 Å². The Labute approximate surface area is 131 Å². The van der Waals surface area contributed by atoms with Crippen LogP contribution in [-0.2, 0) is 6.42 Å². The zero-order chi connectivity index (χ0) is 15.7. The molecule has 0 radical (unpaired) electrons. The predicted octanol–water partition coefficient (Wildman–Crippen LogP) is 4.45. The molecule has 1 fully saturated rings. The largest absolute Gasteiger partial charge is 0.408 e. The highest BCUT2D eigenvalue weighted by Crippen LogP contribution is 2.34. The highest BCUT2D eigenvalue weighted by atomic mass is 16.4. The molecule has 0 bridgehead atoms. The van der Waals surface area contributed by atoms with E-state index >= 15 is 0 Å². The van der Waals surface area contributed by atoms with Crippen LogP contribution in [0.2, 0.25) is 0 Å². The molecule has 4 nitrogen and oxygen atoms in total. The lowest BCUT2D eigenvalue weighted by atomic mass is 9.95. The van der Waals surface area contributed by atoms with Crippen molar-refractivity contribution < 1.29 is 4.42 Å². The molecule has 2 aromatic rings. The fraction of sp³-hybridized carbons (Fsp3) is 0.667. The number of aryl methyl sites for hydroxylation is 2. The molecule has 0 aliphatic heterocycles.